The molecule has 0 aliphatic carbocycles. The van der Waals surface area contributed by atoms with Gasteiger partial charge < -0.3 is 19.5 Å². The van der Waals surface area contributed by atoms with E-state index in [0.29, 0.717) is 12.2 Å². The molecule has 1 fully saturated rings. The lowest BCUT2D eigenvalue weighted by atomic mass is 10.3. The maximum atomic E-state index is 12.3. The number of likely N-dealkylation sites (tertiary alicyclic amines) is 1. The molecule has 1 atom stereocenters. The van der Waals surface area contributed by atoms with E-state index in [9.17, 15) is 4.79 Å². The van der Waals surface area contributed by atoms with E-state index in [0.717, 1.165) is 31.0 Å². The Morgan fingerprint density at radius 2 is 2.35 bits per heavy atom. The first kappa shape index (κ1) is 15.6. The van der Waals surface area contributed by atoms with Crippen LogP contribution in [0.4, 0.5) is 0 Å². The number of hydrogen-bond donors (Lipinski definition) is 1. The number of ether oxygens (including phenoxy) is 1. The van der Waals surface area contributed by atoms with Crippen LogP contribution in [-0.4, -0.2) is 59.0 Å². The topological polar surface area (TPSA) is 61.5 Å². The number of hydrogen-bond acceptors (Lipinski definition) is 4. The minimum Gasteiger partial charge on any atom is -0.488 e. The predicted molar refractivity (Wildman–Crippen MR) is 87.4 cm³/mol. The maximum absolute atomic E-state index is 12.3. The zero-order valence-electron chi connectivity index (χ0n) is 13.5. The first-order valence-electron chi connectivity index (χ1n) is 7.81. The van der Waals surface area contributed by atoms with Crippen LogP contribution >= 0.6 is 0 Å². The normalized spacial score (nSPS) is 17.7. The fraction of sp³-hybridized carbons (Fsp3) is 0.412. The molecule has 2 aromatic rings. The minimum atomic E-state index is 0.0310. The summed E-state index contributed by atoms with van der Waals surface area (Å²) in [4.78, 5) is 23.5. The molecule has 2 aromatic heterocycles. The van der Waals surface area contributed by atoms with Gasteiger partial charge in [0.1, 0.15) is 17.5 Å². The summed E-state index contributed by atoms with van der Waals surface area (Å²) in [6.07, 6.45) is 4.41. The molecule has 1 aliphatic heterocycles. The van der Waals surface area contributed by atoms with Gasteiger partial charge in [-0.05, 0) is 32.3 Å². The smallest absolute Gasteiger partial charge is 0.270 e. The summed E-state index contributed by atoms with van der Waals surface area (Å²) in [5.74, 6) is 0.847. The third kappa shape index (κ3) is 3.90. The van der Waals surface area contributed by atoms with Crippen LogP contribution in [0, 0.1) is 0 Å². The van der Waals surface area contributed by atoms with Crippen LogP contribution in [0.2, 0.25) is 0 Å². The SMILES string of the molecule is CN(C)Cc1cc(OC2CCN(C(=O)c3ccc[nH]3)C2)ccn1. The molecule has 3 heterocycles. The Labute approximate surface area is 136 Å². The number of nitrogens with one attached hydrogen (secondary N) is 1. The second-order valence-electron chi connectivity index (χ2n) is 6.08. The van der Waals surface area contributed by atoms with Gasteiger partial charge in [0.05, 0.1) is 12.2 Å². The van der Waals surface area contributed by atoms with Crippen molar-refractivity contribution in [1.29, 1.82) is 0 Å². The van der Waals surface area contributed by atoms with Gasteiger partial charge in [-0.15, -0.1) is 0 Å². The number of amides is 1. The Balaban J connectivity index is 1.59. The highest BCUT2D eigenvalue weighted by molar-refractivity contribution is 5.92. The third-order valence-corrected chi connectivity index (χ3v) is 3.83. The number of pyridine rings is 1. The number of nitrogens with zero attached hydrogens (tertiary/aromatic N) is 3. The molecule has 6 nitrogen and oxygen atoms in total. The summed E-state index contributed by atoms with van der Waals surface area (Å²) in [6.45, 7) is 2.11. The molecule has 1 unspecified atom stereocenters. The molecule has 23 heavy (non-hydrogen) atoms. The van der Waals surface area contributed by atoms with E-state index in [-0.39, 0.29) is 12.0 Å². The summed E-state index contributed by atoms with van der Waals surface area (Å²) in [6, 6.07) is 7.47. The van der Waals surface area contributed by atoms with Gasteiger partial charge in [-0.25, -0.2) is 0 Å². The highest BCUT2D eigenvalue weighted by Gasteiger charge is 2.28. The van der Waals surface area contributed by atoms with Crippen LogP contribution in [0.1, 0.15) is 22.6 Å². The van der Waals surface area contributed by atoms with Crippen molar-refractivity contribution < 1.29 is 9.53 Å². The summed E-state index contributed by atoms with van der Waals surface area (Å²) in [7, 11) is 4.02. The van der Waals surface area contributed by atoms with Crippen molar-refractivity contribution in [3.63, 3.8) is 0 Å². The molecule has 0 bridgehead atoms. The van der Waals surface area contributed by atoms with Gasteiger partial charge in [0.25, 0.3) is 5.91 Å². The number of rotatable bonds is 5. The number of H-pyrrole nitrogens is 1. The molecule has 1 aliphatic rings. The zero-order chi connectivity index (χ0) is 16.2. The van der Waals surface area contributed by atoms with E-state index in [4.69, 9.17) is 4.74 Å². The maximum Gasteiger partial charge on any atom is 0.270 e. The van der Waals surface area contributed by atoms with Gasteiger partial charge in [0.15, 0.2) is 0 Å². The van der Waals surface area contributed by atoms with Crippen LogP contribution in [0.3, 0.4) is 0 Å². The van der Waals surface area contributed by atoms with Crippen molar-refractivity contribution in [2.45, 2.75) is 19.1 Å². The molecule has 3 rings (SSSR count). The standard InChI is InChI=1S/C17H22N4O2/c1-20(2)11-13-10-14(5-8-18-13)23-15-6-9-21(12-15)17(22)16-4-3-7-19-16/h3-5,7-8,10,15,19H,6,9,11-12H2,1-2H3. The highest BCUT2D eigenvalue weighted by atomic mass is 16.5. The van der Waals surface area contributed by atoms with Crippen LogP contribution in [0.15, 0.2) is 36.7 Å². The second kappa shape index (κ2) is 6.83. The van der Waals surface area contributed by atoms with Gasteiger partial charge in [-0.3, -0.25) is 9.78 Å². The van der Waals surface area contributed by atoms with E-state index in [2.05, 4.69) is 14.9 Å². The fourth-order valence-electron chi connectivity index (χ4n) is 2.77. The lowest BCUT2D eigenvalue weighted by Gasteiger charge is -2.17. The summed E-state index contributed by atoms with van der Waals surface area (Å²) >= 11 is 0. The van der Waals surface area contributed by atoms with Crippen molar-refractivity contribution in [3.05, 3.63) is 48.0 Å². The molecular weight excluding hydrogens is 292 g/mol. The number of aromatic amines is 1. The van der Waals surface area contributed by atoms with E-state index in [1.807, 2.05) is 37.2 Å². The Morgan fingerprint density at radius 3 is 3.09 bits per heavy atom. The predicted octanol–water partition coefficient (Wildman–Crippen LogP) is 1.76. The summed E-state index contributed by atoms with van der Waals surface area (Å²) in [5.41, 5.74) is 1.60. The average Bonchev–Trinajstić information content (AvgIpc) is 3.17. The molecule has 1 saturated heterocycles. The third-order valence-electron chi connectivity index (χ3n) is 3.83. The Hall–Kier alpha value is -2.34. The van der Waals surface area contributed by atoms with Gasteiger partial charge >= 0.3 is 0 Å². The molecule has 122 valence electrons. The average molecular weight is 314 g/mol. The summed E-state index contributed by atoms with van der Waals surface area (Å²) < 4.78 is 6.03. The molecule has 1 amide bonds. The van der Waals surface area contributed by atoms with Gasteiger partial charge in [-0.1, -0.05) is 0 Å². The van der Waals surface area contributed by atoms with Crippen molar-refractivity contribution in [2.24, 2.45) is 0 Å². The largest absolute Gasteiger partial charge is 0.488 e. The van der Waals surface area contributed by atoms with Crippen molar-refractivity contribution in [1.82, 2.24) is 19.8 Å². The summed E-state index contributed by atoms with van der Waals surface area (Å²) in [5, 5.41) is 0. The second-order valence-corrected chi connectivity index (χ2v) is 6.08. The van der Waals surface area contributed by atoms with Crippen molar-refractivity contribution >= 4 is 5.91 Å². The van der Waals surface area contributed by atoms with Crippen LogP contribution in [0.5, 0.6) is 5.75 Å². The van der Waals surface area contributed by atoms with Crippen LogP contribution in [-0.2, 0) is 6.54 Å². The minimum absolute atomic E-state index is 0.0310. The van der Waals surface area contributed by atoms with E-state index < -0.39 is 0 Å². The Morgan fingerprint density at radius 1 is 1.48 bits per heavy atom. The van der Waals surface area contributed by atoms with Crippen LogP contribution in [0.25, 0.3) is 0 Å². The monoisotopic (exact) mass is 314 g/mol. The van der Waals surface area contributed by atoms with Gasteiger partial charge in [0, 0.05) is 38.0 Å². The molecule has 0 spiro atoms. The molecule has 6 heteroatoms. The van der Waals surface area contributed by atoms with Gasteiger partial charge in [-0.2, -0.15) is 0 Å². The van der Waals surface area contributed by atoms with Crippen molar-refractivity contribution in [3.8, 4) is 5.75 Å². The molecule has 0 radical (unpaired) electrons. The first-order valence-corrected chi connectivity index (χ1v) is 7.81. The van der Waals surface area contributed by atoms with E-state index in [1.165, 1.54) is 0 Å². The van der Waals surface area contributed by atoms with Crippen LogP contribution < -0.4 is 4.74 Å². The number of aromatic nitrogens is 2. The lowest BCUT2D eigenvalue weighted by Crippen LogP contribution is -2.31. The lowest BCUT2D eigenvalue weighted by molar-refractivity contribution is 0.0767. The van der Waals surface area contributed by atoms with Crippen molar-refractivity contribution in [2.75, 3.05) is 27.2 Å². The zero-order valence-corrected chi connectivity index (χ0v) is 13.5. The van der Waals surface area contributed by atoms with E-state index in [1.54, 1.807) is 18.5 Å². The van der Waals surface area contributed by atoms with E-state index >= 15 is 0 Å². The molecule has 1 N–H and O–H groups in total. The molecule has 0 saturated carbocycles. The molecular formula is C17H22N4O2. The Kier molecular flexibility index (Phi) is 4.62. The Bertz CT molecular complexity index is 654. The number of carbonyl (C=O) groups is 1. The molecule has 0 aromatic carbocycles. The highest BCUT2D eigenvalue weighted by Crippen LogP contribution is 2.20. The quantitative estimate of drug-likeness (QED) is 0.913. The first-order chi connectivity index (χ1) is 11.1. The number of carbonyl (C=O) groups excluding carboxylic acids is 1. The van der Waals surface area contributed by atoms with Gasteiger partial charge in [0.2, 0.25) is 0 Å². The fourth-order valence-corrected chi connectivity index (χ4v) is 2.77.